The smallest absolute Gasteiger partial charge is 0.123 e. The molecule has 2 aromatic carbocycles. The fourth-order valence-electron chi connectivity index (χ4n) is 2.41. The number of aliphatic hydroxyl groups is 1. The van der Waals surface area contributed by atoms with Crippen molar-refractivity contribution >= 4 is 0 Å². The summed E-state index contributed by atoms with van der Waals surface area (Å²) in [6, 6.07) is 18.0. The van der Waals surface area contributed by atoms with Gasteiger partial charge in [0.05, 0.1) is 6.10 Å². The average Bonchev–Trinajstić information content (AvgIpc) is 2.39. The Balaban J connectivity index is 2.10. The monoisotopic (exact) mass is 226 g/mol. The van der Waals surface area contributed by atoms with Gasteiger partial charge in [0.2, 0.25) is 0 Å². The van der Waals surface area contributed by atoms with Crippen molar-refractivity contribution < 1.29 is 9.84 Å². The minimum Gasteiger partial charge on any atom is -0.491 e. The van der Waals surface area contributed by atoms with Gasteiger partial charge in [-0.2, -0.15) is 0 Å². The summed E-state index contributed by atoms with van der Waals surface area (Å²) in [5, 5.41) is 10.1. The van der Waals surface area contributed by atoms with Gasteiger partial charge in [0.25, 0.3) is 0 Å². The van der Waals surface area contributed by atoms with Crippen LogP contribution in [-0.2, 0) is 0 Å². The molecule has 0 fully saturated rings. The quantitative estimate of drug-likeness (QED) is 0.809. The molecule has 2 nitrogen and oxygen atoms in total. The zero-order valence-electron chi connectivity index (χ0n) is 9.41. The van der Waals surface area contributed by atoms with E-state index >= 15 is 0 Å². The Morgan fingerprint density at radius 2 is 1.65 bits per heavy atom. The number of benzene rings is 2. The van der Waals surface area contributed by atoms with Crippen molar-refractivity contribution in [1.82, 2.24) is 0 Å². The van der Waals surface area contributed by atoms with Crippen molar-refractivity contribution in [2.75, 3.05) is 6.61 Å². The van der Waals surface area contributed by atoms with Crippen LogP contribution in [0.25, 0.3) is 0 Å². The second kappa shape index (κ2) is 4.22. The first-order valence-electron chi connectivity index (χ1n) is 5.81. The first-order valence-corrected chi connectivity index (χ1v) is 5.81. The third kappa shape index (κ3) is 1.81. The van der Waals surface area contributed by atoms with Gasteiger partial charge in [0, 0.05) is 11.5 Å². The minimum absolute atomic E-state index is 0.0150. The molecule has 0 unspecified atom stereocenters. The molecule has 0 amide bonds. The highest BCUT2D eigenvalue weighted by molar-refractivity contribution is 5.44. The van der Waals surface area contributed by atoms with Crippen LogP contribution >= 0.6 is 0 Å². The zero-order chi connectivity index (χ0) is 11.7. The number of aliphatic hydroxyl groups excluding tert-OH is 1. The predicted molar refractivity (Wildman–Crippen MR) is 66.2 cm³/mol. The molecule has 1 heterocycles. The fourth-order valence-corrected chi connectivity index (χ4v) is 2.41. The third-order valence-electron chi connectivity index (χ3n) is 3.21. The van der Waals surface area contributed by atoms with Crippen LogP contribution in [0.1, 0.15) is 17.0 Å². The van der Waals surface area contributed by atoms with E-state index in [1.807, 2.05) is 42.5 Å². The van der Waals surface area contributed by atoms with Gasteiger partial charge >= 0.3 is 0 Å². The van der Waals surface area contributed by atoms with Crippen LogP contribution in [0.3, 0.4) is 0 Å². The number of rotatable bonds is 1. The standard InChI is InChI=1S/C15H14O2/c16-13-10-17-14-9-5-4-8-12(14)15(13)11-6-2-1-3-7-11/h1-9,13,15-16H,10H2/t13-,15-/m0/s1. The van der Waals surface area contributed by atoms with E-state index in [9.17, 15) is 5.11 Å². The third-order valence-corrected chi connectivity index (χ3v) is 3.21. The van der Waals surface area contributed by atoms with E-state index in [0.717, 1.165) is 16.9 Å². The van der Waals surface area contributed by atoms with Crippen LogP contribution in [0.5, 0.6) is 5.75 Å². The lowest BCUT2D eigenvalue weighted by molar-refractivity contribution is 0.0771. The Bertz CT molecular complexity index is 507. The van der Waals surface area contributed by atoms with Gasteiger partial charge in [0.15, 0.2) is 0 Å². The second-order valence-corrected chi connectivity index (χ2v) is 4.30. The summed E-state index contributed by atoms with van der Waals surface area (Å²) >= 11 is 0. The van der Waals surface area contributed by atoms with E-state index in [-0.39, 0.29) is 5.92 Å². The molecule has 0 bridgehead atoms. The molecule has 0 spiro atoms. The summed E-state index contributed by atoms with van der Waals surface area (Å²) < 4.78 is 5.54. The molecule has 2 heteroatoms. The second-order valence-electron chi connectivity index (χ2n) is 4.30. The van der Waals surface area contributed by atoms with Crippen LogP contribution in [0, 0.1) is 0 Å². The normalized spacial score (nSPS) is 22.6. The van der Waals surface area contributed by atoms with Crippen LogP contribution < -0.4 is 4.74 Å². The molecule has 17 heavy (non-hydrogen) atoms. The lowest BCUT2D eigenvalue weighted by atomic mass is 9.85. The molecule has 0 saturated heterocycles. The summed E-state index contributed by atoms with van der Waals surface area (Å²) in [5.74, 6) is 0.896. The number of para-hydroxylation sites is 1. The van der Waals surface area contributed by atoms with E-state index in [1.165, 1.54) is 0 Å². The minimum atomic E-state index is -0.479. The summed E-state index contributed by atoms with van der Waals surface area (Å²) in [7, 11) is 0. The molecule has 1 N–H and O–H groups in total. The molecule has 0 aliphatic carbocycles. The molecule has 0 saturated carbocycles. The molecule has 2 atom stereocenters. The molecular formula is C15H14O2. The largest absolute Gasteiger partial charge is 0.491 e. The first-order chi connectivity index (χ1) is 8.36. The van der Waals surface area contributed by atoms with Gasteiger partial charge < -0.3 is 9.84 Å². The fraction of sp³-hybridized carbons (Fsp3) is 0.200. The Hall–Kier alpha value is -1.80. The Morgan fingerprint density at radius 1 is 0.941 bits per heavy atom. The molecule has 1 aliphatic rings. The van der Waals surface area contributed by atoms with Crippen LogP contribution in [0.4, 0.5) is 0 Å². The number of fused-ring (bicyclic) bond motifs is 1. The molecular weight excluding hydrogens is 212 g/mol. The van der Waals surface area contributed by atoms with Crippen molar-refractivity contribution in [1.29, 1.82) is 0 Å². The van der Waals surface area contributed by atoms with Gasteiger partial charge in [-0.05, 0) is 11.6 Å². The molecule has 3 rings (SSSR count). The van der Waals surface area contributed by atoms with Crippen molar-refractivity contribution in [2.24, 2.45) is 0 Å². The zero-order valence-corrected chi connectivity index (χ0v) is 9.41. The molecule has 2 aromatic rings. The van der Waals surface area contributed by atoms with Crippen molar-refractivity contribution in [3.05, 3.63) is 65.7 Å². The summed E-state index contributed by atoms with van der Waals surface area (Å²) in [6.07, 6.45) is -0.479. The van der Waals surface area contributed by atoms with Gasteiger partial charge in [0.1, 0.15) is 12.4 Å². The van der Waals surface area contributed by atoms with Gasteiger partial charge in [-0.15, -0.1) is 0 Å². The summed E-state index contributed by atoms with van der Waals surface area (Å²) in [6.45, 7) is 0.358. The van der Waals surface area contributed by atoms with E-state index < -0.39 is 6.10 Å². The molecule has 86 valence electrons. The van der Waals surface area contributed by atoms with E-state index in [4.69, 9.17) is 4.74 Å². The van der Waals surface area contributed by atoms with Crippen molar-refractivity contribution in [3.8, 4) is 5.75 Å². The topological polar surface area (TPSA) is 29.5 Å². The summed E-state index contributed by atoms with van der Waals surface area (Å²) in [5.41, 5.74) is 2.20. The Kier molecular flexibility index (Phi) is 2.57. The highest BCUT2D eigenvalue weighted by Crippen LogP contribution is 2.37. The van der Waals surface area contributed by atoms with E-state index in [0.29, 0.717) is 6.61 Å². The van der Waals surface area contributed by atoms with E-state index in [2.05, 4.69) is 12.1 Å². The lowest BCUT2D eigenvalue weighted by Crippen LogP contribution is -2.31. The lowest BCUT2D eigenvalue weighted by Gasteiger charge is -2.30. The van der Waals surface area contributed by atoms with Crippen LogP contribution in [0.2, 0.25) is 0 Å². The SMILES string of the molecule is O[C@H]1COc2ccccc2[C@@H]1c1ccccc1. The predicted octanol–water partition coefficient (Wildman–Crippen LogP) is 2.57. The van der Waals surface area contributed by atoms with Gasteiger partial charge in [-0.3, -0.25) is 0 Å². The number of hydrogen-bond acceptors (Lipinski definition) is 2. The van der Waals surface area contributed by atoms with Crippen LogP contribution in [-0.4, -0.2) is 17.8 Å². The highest BCUT2D eigenvalue weighted by atomic mass is 16.5. The van der Waals surface area contributed by atoms with Gasteiger partial charge in [-0.25, -0.2) is 0 Å². The maximum Gasteiger partial charge on any atom is 0.123 e. The van der Waals surface area contributed by atoms with Crippen molar-refractivity contribution in [2.45, 2.75) is 12.0 Å². The first kappa shape index (κ1) is 10.4. The van der Waals surface area contributed by atoms with Crippen LogP contribution in [0.15, 0.2) is 54.6 Å². The summed E-state index contributed by atoms with van der Waals surface area (Å²) in [4.78, 5) is 0. The molecule has 0 radical (unpaired) electrons. The number of hydrogen-bond donors (Lipinski definition) is 1. The van der Waals surface area contributed by atoms with E-state index in [1.54, 1.807) is 0 Å². The maximum absolute atomic E-state index is 10.1. The Morgan fingerprint density at radius 3 is 2.47 bits per heavy atom. The molecule has 1 aliphatic heterocycles. The average molecular weight is 226 g/mol. The molecule has 0 aromatic heterocycles. The maximum atomic E-state index is 10.1. The number of ether oxygens (including phenoxy) is 1. The highest BCUT2D eigenvalue weighted by Gasteiger charge is 2.30. The Labute approximate surface area is 100 Å². The van der Waals surface area contributed by atoms with Crippen molar-refractivity contribution in [3.63, 3.8) is 0 Å². The van der Waals surface area contributed by atoms with Gasteiger partial charge in [-0.1, -0.05) is 48.5 Å².